The molecule has 92 valence electrons. The van der Waals surface area contributed by atoms with Gasteiger partial charge in [0, 0.05) is 11.1 Å². The van der Waals surface area contributed by atoms with Crippen LogP contribution < -0.4 is 5.11 Å². The zero-order valence-electron chi connectivity index (χ0n) is 9.40. The molecule has 0 atom stereocenters. The number of carbonyl (C=O) groups is 2. The highest BCUT2D eigenvalue weighted by atomic mass is 35.5. The van der Waals surface area contributed by atoms with Crippen LogP contribution in [0.5, 0.6) is 0 Å². The van der Waals surface area contributed by atoms with E-state index in [0.717, 1.165) is 0 Å². The summed E-state index contributed by atoms with van der Waals surface area (Å²) in [6.45, 7) is 1.24. The summed E-state index contributed by atoms with van der Waals surface area (Å²) in [7, 11) is 0. The lowest BCUT2D eigenvalue weighted by atomic mass is 10.1. The fourth-order valence-corrected chi connectivity index (χ4v) is 1.74. The first-order chi connectivity index (χ1) is 8.52. The van der Waals surface area contributed by atoms with Crippen molar-refractivity contribution in [2.24, 2.45) is 0 Å². The number of ketones is 1. The van der Waals surface area contributed by atoms with E-state index >= 15 is 0 Å². The minimum atomic E-state index is -1.46. The average Bonchev–Trinajstić information content (AvgIpc) is 2.67. The lowest BCUT2D eigenvalue weighted by Gasteiger charge is -2.07. The van der Waals surface area contributed by atoms with Gasteiger partial charge in [-0.15, -0.1) is 0 Å². The lowest BCUT2D eigenvalue weighted by Crippen LogP contribution is -2.25. The van der Waals surface area contributed by atoms with E-state index in [1.807, 2.05) is 0 Å². The molecule has 1 aromatic carbocycles. The smallest absolute Gasteiger partial charge is 0.243 e. The number of ether oxygens (including phenoxy) is 1. The molecule has 0 saturated carbocycles. The van der Waals surface area contributed by atoms with Gasteiger partial charge in [0.2, 0.25) is 5.78 Å². The number of hydrogen-bond donors (Lipinski definition) is 0. The topological polar surface area (TPSA) is 66.4 Å². The van der Waals surface area contributed by atoms with E-state index in [4.69, 9.17) is 16.3 Å². The second-order valence-electron chi connectivity index (χ2n) is 3.68. The highest BCUT2D eigenvalue weighted by molar-refractivity contribution is 6.49. The molecule has 1 heterocycles. The van der Waals surface area contributed by atoms with E-state index in [1.54, 1.807) is 30.3 Å². The summed E-state index contributed by atoms with van der Waals surface area (Å²) < 4.78 is 5.25. The first-order valence-electron chi connectivity index (χ1n) is 5.12. The van der Waals surface area contributed by atoms with E-state index in [-0.39, 0.29) is 22.1 Å². The van der Waals surface area contributed by atoms with Crippen molar-refractivity contribution in [3.63, 3.8) is 0 Å². The number of carbonyl (C=O) groups excluding carboxylic acids is 2. The Hall–Kier alpha value is -2.07. The summed E-state index contributed by atoms with van der Waals surface area (Å²) in [6.07, 6.45) is 0. The molecule has 0 aromatic heterocycles. The first-order valence-corrected chi connectivity index (χ1v) is 5.50. The van der Waals surface area contributed by atoms with Crippen LogP contribution in [-0.4, -0.2) is 11.8 Å². The Labute approximate surface area is 108 Å². The molecule has 0 unspecified atom stereocenters. The normalized spacial score (nSPS) is 17.8. The predicted molar refractivity (Wildman–Crippen MR) is 63.0 cm³/mol. The van der Waals surface area contributed by atoms with Crippen LogP contribution in [-0.2, 0) is 14.3 Å². The van der Waals surface area contributed by atoms with Crippen molar-refractivity contribution in [1.82, 2.24) is 0 Å². The molecular weight excluding hydrogens is 256 g/mol. The van der Waals surface area contributed by atoms with Gasteiger partial charge in [0.1, 0.15) is 5.03 Å². The molecule has 0 amide bonds. The first kappa shape index (κ1) is 12.4. The van der Waals surface area contributed by atoms with Crippen LogP contribution in [0, 0.1) is 0 Å². The fourth-order valence-electron chi connectivity index (χ4n) is 1.51. The van der Waals surface area contributed by atoms with Gasteiger partial charge >= 0.3 is 0 Å². The average molecular weight is 264 g/mol. The van der Waals surface area contributed by atoms with Crippen molar-refractivity contribution in [3.05, 3.63) is 52.3 Å². The third-order valence-corrected chi connectivity index (χ3v) is 2.84. The Balaban J connectivity index is 2.46. The molecule has 0 spiro atoms. The minimum absolute atomic E-state index is 0.128. The van der Waals surface area contributed by atoms with Crippen LogP contribution in [0.4, 0.5) is 0 Å². The molecular formula is C13H8ClO4-. The Kier molecular flexibility index (Phi) is 3.21. The van der Waals surface area contributed by atoms with Gasteiger partial charge in [-0.05, 0) is 6.92 Å². The number of Topliss-reactive ketones (excluding diaryl/α,β-unsaturated/α-hetero) is 1. The Morgan fingerprint density at radius 3 is 2.44 bits per heavy atom. The third kappa shape index (κ3) is 2.02. The molecule has 0 radical (unpaired) electrons. The predicted octanol–water partition coefficient (Wildman–Crippen LogP) is 1.22. The monoisotopic (exact) mass is 263 g/mol. The number of hydrogen-bond acceptors (Lipinski definition) is 4. The van der Waals surface area contributed by atoms with E-state index in [0.29, 0.717) is 5.56 Å². The lowest BCUT2D eigenvalue weighted by molar-refractivity contribution is -0.299. The van der Waals surface area contributed by atoms with Crippen molar-refractivity contribution in [1.29, 1.82) is 0 Å². The van der Waals surface area contributed by atoms with Crippen LogP contribution in [0.15, 0.2) is 46.7 Å². The Bertz CT molecular complexity index is 584. The SMILES string of the molecule is CC(C(=O)[O-])=C1OC(c2ccccc2)=C(Cl)C1=O. The van der Waals surface area contributed by atoms with Gasteiger partial charge in [0.05, 0.1) is 5.97 Å². The molecule has 18 heavy (non-hydrogen) atoms. The maximum Gasteiger partial charge on any atom is 0.243 e. The highest BCUT2D eigenvalue weighted by Crippen LogP contribution is 2.35. The number of carboxylic acid groups (broad SMARTS) is 1. The summed E-state index contributed by atoms with van der Waals surface area (Å²) in [5.41, 5.74) is 0.334. The van der Waals surface area contributed by atoms with Gasteiger partial charge in [0.15, 0.2) is 11.5 Å². The summed E-state index contributed by atoms with van der Waals surface area (Å²) in [4.78, 5) is 22.5. The molecule has 0 fully saturated rings. The number of halogens is 1. The van der Waals surface area contributed by atoms with Gasteiger partial charge in [0.25, 0.3) is 0 Å². The molecule has 0 bridgehead atoms. The van der Waals surface area contributed by atoms with E-state index in [9.17, 15) is 14.7 Å². The third-order valence-electron chi connectivity index (χ3n) is 2.49. The zero-order chi connectivity index (χ0) is 13.3. The molecule has 0 saturated heterocycles. The van der Waals surface area contributed by atoms with Gasteiger partial charge < -0.3 is 14.6 Å². The van der Waals surface area contributed by atoms with Gasteiger partial charge in [-0.1, -0.05) is 41.9 Å². The number of allylic oxidation sites excluding steroid dienone is 1. The van der Waals surface area contributed by atoms with Crippen LogP contribution in [0.1, 0.15) is 12.5 Å². The Morgan fingerprint density at radius 1 is 1.28 bits per heavy atom. The largest absolute Gasteiger partial charge is 0.545 e. The number of aliphatic carboxylic acids is 1. The van der Waals surface area contributed by atoms with E-state index in [1.165, 1.54) is 6.92 Å². The molecule has 1 aromatic rings. The summed E-state index contributed by atoms with van der Waals surface area (Å²) in [5, 5.41) is 10.6. The van der Waals surface area contributed by atoms with Crippen LogP contribution in [0.25, 0.3) is 5.76 Å². The molecule has 1 aliphatic rings. The van der Waals surface area contributed by atoms with Crippen molar-refractivity contribution in [2.75, 3.05) is 0 Å². The van der Waals surface area contributed by atoms with Crippen LogP contribution >= 0.6 is 11.6 Å². The summed E-state index contributed by atoms with van der Waals surface area (Å²) in [6, 6.07) is 8.74. The second-order valence-corrected chi connectivity index (χ2v) is 4.06. The molecule has 5 heteroatoms. The van der Waals surface area contributed by atoms with Crippen molar-refractivity contribution in [3.8, 4) is 0 Å². The highest BCUT2D eigenvalue weighted by Gasteiger charge is 2.31. The van der Waals surface area contributed by atoms with Gasteiger partial charge in [-0.25, -0.2) is 0 Å². The van der Waals surface area contributed by atoms with Crippen molar-refractivity contribution >= 4 is 29.1 Å². The number of benzene rings is 1. The van der Waals surface area contributed by atoms with Gasteiger partial charge in [-0.3, -0.25) is 4.79 Å². The summed E-state index contributed by atoms with van der Waals surface area (Å²) in [5.74, 6) is -2.23. The number of carboxylic acids is 1. The molecule has 0 aliphatic carbocycles. The molecule has 0 N–H and O–H groups in total. The Morgan fingerprint density at radius 2 is 1.89 bits per heavy atom. The zero-order valence-corrected chi connectivity index (χ0v) is 10.2. The van der Waals surface area contributed by atoms with Crippen molar-refractivity contribution in [2.45, 2.75) is 6.92 Å². The van der Waals surface area contributed by atoms with Crippen LogP contribution in [0.3, 0.4) is 0 Å². The fraction of sp³-hybridized carbons (Fsp3) is 0.0769. The number of rotatable bonds is 2. The standard InChI is InChI=1S/C13H9ClO4/c1-7(13(16)17)11-10(15)9(14)12(18-11)8-5-3-2-4-6-8/h2-6H,1H3,(H,16,17)/p-1. The molecule has 1 aliphatic heterocycles. The quantitative estimate of drug-likeness (QED) is 0.753. The summed E-state index contributed by atoms with van der Waals surface area (Å²) >= 11 is 5.86. The van der Waals surface area contributed by atoms with Crippen molar-refractivity contribution < 1.29 is 19.4 Å². The van der Waals surface area contributed by atoms with Gasteiger partial charge in [-0.2, -0.15) is 0 Å². The second kappa shape index (κ2) is 4.66. The van der Waals surface area contributed by atoms with Crippen LogP contribution in [0.2, 0.25) is 0 Å². The maximum atomic E-state index is 11.8. The maximum absolute atomic E-state index is 11.8. The molecule has 2 rings (SSSR count). The van der Waals surface area contributed by atoms with E-state index in [2.05, 4.69) is 0 Å². The van der Waals surface area contributed by atoms with E-state index < -0.39 is 11.8 Å². The minimum Gasteiger partial charge on any atom is -0.545 e. The molecule has 4 nitrogen and oxygen atoms in total.